The van der Waals surface area contributed by atoms with Crippen LogP contribution in [0.1, 0.15) is 18.5 Å². The van der Waals surface area contributed by atoms with Crippen LogP contribution in [0.4, 0.5) is 15.9 Å². The lowest BCUT2D eigenvalue weighted by atomic mass is 10.3. The van der Waals surface area contributed by atoms with Gasteiger partial charge in [-0.3, -0.25) is 9.98 Å². The molecule has 5 rings (SSSR count). The van der Waals surface area contributed by atoms with Crippen LogP contribution in [0.5, 0.6) is 5.88 Å². The van der Waals surface area contributed by atoms with Gasteiger partial charge in [-0.05, 0) is 37.1 Å². The zero-order valence-electron chi connectivity index (χ0n) is 16.0. The van der Waals surface area contributed by atoms with Crippen molar-refractivity contribution in [2.24, 2.45) is 4.99 Å². The van der Waals surface area contributed by atoms with Crippen LogP contribution < -0.4 is 21.3 Å². The predicted octanol–water partition coefficient (Wildman–Crippen LogP) is 0.969. The van der Waals surface area contributed by atoms with E-state index in [1.54, 1.807) is 40.9 Å². The lowest BCUT2D eigenvalue weighted by Crippen LogP contribution is -2.23. The SMILES string of the molecule is CN(c1cccc(F)c1)c1cc(=NC2CC2)n2ncc(=Cc3[nH]c(=O)[nH]c3O)c2n1. The average molecular weight is 407 g/mol. The molecule has 0 bridgehead atoms. The van der Waals surface area contributed by atoms with Crippen molar-refractivity contribution in [1.29, 1.82) is 0 Å². The molecule has 152 valence electrons. The van der Waals surface area contributed by atoms with Crippen LogP contribution in [0.3, 0.4) is 0 Å². The Kier molecular flexibility index (Phi) is 4.12. The normalized spacial score (nSPS) is 15.3. The maximum absolute atomic E-state index is 13.7. The van der Waals surface area contributed by atoms with Gasteiger partial charge in [-0.1, -0.05) is 6.07 Å². The molecule has 0 radical (unpaired) electrons. The summed E-state index contributed by atoms with van der Waals surface area (Å²) in [5, 5.41) is 14.8. The highest BCUT2D eigenvalue weighted by Crippen LogP contribution is 2.24. The minimum absolute atomic E-state index is 0.223. The van der Waals surface area contributed by atoms with Crippen LogP contribution in [0.15, 0.2) is 46.3 Å². The molecule has 0 atom stereocenters. The number of aromatic nitrogens is 5. The molecule has 1 saturated carbocycles. The molecule has 0 saturated heterocycles. The maximum Gasteiger partial charge on any atom is 0.326 e. The summed E-state index contributed by atoms with van der Waals surface area (Å²) in [5.41, 5.74) is 1.48. The van der Waals surface area contributed by atoms with Gasteiger partial charge in [0.05, 0.1) is 12.2 Å². The predicted molar refractivity (Wildman–Crippen MR) is 108 cm³/mol. The third kappa shape index (κ3) is 3.32. The number of aromatic hydroxyl groups is 1. The summed E-state index contributed by atoms with van der Waals surface area (Å²) in [6.07, 6.45) is 5.22. The second kappa shape index (κ2) is 6.83. The molecule has 1 fully saturated rings. The van der Waals surface area contributed by atoms with Crippen molar-refractivity contribution in [3.63, 3.8) is 0 Å². The molecule has 3 N–H and O–H groups in total. The molecule has 0 unspecified atom stereocenters. The van der Waals surface area contributed by atoms with Crippen molar-refractivity contribution in [1.82, 2.24) is 24.6 Å². The zero-order valence-corrected chi connectivity index (χ0v) is 16.0. The number of rotatable bonds is 4. The van der Waals surface area contributed by atoms with Gasteiger partial charge in [-0.2, -0.15) is 9.61 Å². The first kappa shape index (κ1) is 18.1. The molecule has 0 amide bonds. The molecule has 3 heterocycles. The minimum atomic E-state index is -0.515. The van der Waals surface area contributed by atoms with E-state index in [2.05, 4.69) is 15.1 Å². The summed E-state index contributed by atoms with van der Waals surface area (Å²) in [7, 11) is 1.80. The topological polar surface area (TPSA) is 115 Å². The number of benzene rings is 1. The summed E-state index contributed by atoms with van der Waals surface area (Å²) in [5.74, 6) is -0.0432. The third-order valence-corrected chi connectivity index (χ3v) is 4.90. The van der Waals surface area contributed by atoms with Crippen LogP contribution in [0, 0.1) is 5.82 Å². The standard InChI is InChI=1S/C20H18FN7O2/c1-27(14-4-2-3-12(21)8-14)16-9-17(23-13-5-6-13)28-18(25-16)11(10-22-28)7-15-19(29)26-20(30)24-15/h2-4,7-10,13,29H,5-6H2,1H3,(H2,24,26,30). The van der Waals surface area contributed by atoms with Gasteiger partial charge in [0.15, 0.2) is 11.1 Å². The van der Waals surface area contributed by atoms with Crippen LogP contribution in [0.25, 0.3) is 11.7 Å². The number of fused-ring (bicyclic) bond motifs is 1. The lowest BCUT2D eigenvalue weighted by Gasteiger charge is -2.18. The van der Waals surface area contributed by atoms with E-state index in [0.29, 0.717) is 27.9 Å². The molecule has 1 aliphatic carbocycles. The molecule has 1 aromatic carbocycles. The highest BCUT2D eigenvalue weighted by molar-refractivity contribution is 5.63. The van der Waals surface area contributed by atoms with E-state index < -0.39 is 5.69 Å². The highest BCUT2D eigenvalue weighted by atomic mass is 19.1. The molecule has 30 heavy (non-hydrogen) atoms. The van der Waals surface area contributed by atoms with Crippen LogP contribution in [-0.2, 0) is 0 Å². The van der Waals surface area contributed by atoms with Crippen molar-refractivity contribution < 1.29 is 9.50 Å². The average Bonchev–Trinajstić information content (AvgIpc) is 3.35. The summed E-state index contributed by atoms with van der Waals surface area (Å²) in [6, 6.07) is 8.30. The molecule has 9 nitrogen and oxygen atoms in total. The second-order valence-corrected chi connectivity index (χ2v) is 7.19. The third-order valence-electron chi connectivity index (χ3n) is 4.90. The Labute approximate surface area is 168 Å². The van der Waals surface area contributed by atoms with E-state index in [9.17, 15) is 14.3 Å². The number of anilines is 2. The molecule has 0 aliphatic heterocycles. The van der Waals surface area contributed by atoms with E-state index in [1.807, 2.05) is 6.07 Å². The molecule has 10 heteroatoms. The Morgan fingerprint density at radius 1 is 1.33 bits per heavy atom. The van der Waals surface area contributed by atoms with E-state index >= 15 is 0 Å². The number of nitrogens with zero attached hydrogens (tertiary/aromatic N) is 5. The number of hydrogen-bond acceptors (Lipinski definition) is 6. The largest absolute Gasteiger partial charge is 0.493 e. The Bertz CT molecular complexity index is 1430. The number of aromatic amines is 2. The summed E-state index contributed by atoms with van der Waals surface area (Å²) in [6.45, 7) is 0. The van der Waals surface area contributed by atoms with Gasteiger partial charge >= 0.3 is 5.69 Å². The summed E-state index contributed by atoms with van der Waals surface area (Å²) >= 11 is 0. The number of nitrogens with one attached hydrogen (secondary N) is 2. The Hall–Kier alpha value is -3.95. The van der Waals surface area contributed by atoms with Gasteiger partial charge in [-0.15, -0.1) is 0 Å². The molecule has 1 aliphatic rings. The van der Waals surface area contributed by atoms with Crippen molar-refractivity contribution in [3.05, 3.63) is 69.2 Å². The van der Waals surface area contributed by atoms with Crippen LogP contribution in [0.2, 0.25) is 0 Å². The van der Waals surface area contributed by atoms with E-state index in [1.165, 1.54) is 12.1 Å². The second-order valence-electron chi connectivity index (χ2n) is 7.19. The van der Waals surface area contributed by atoms with Gasteiger partial charge in [0, 0.05) is 24.0 Å². The van der Waals surface area contributed by atoms with Gasteiger partial charge in [0.2, 0.25) is 5.88 Å². The van der Waals surface area contributed by atoms with Crippen molar-refractivity contribution in [2.45, 2.75) is 18.9 Å². The Morgan fingerprint density at radius 2 is 2.17 bits per heavy atom. The first-order chi connectivity index (χ1) is 14.5. The first-order valence-electron chi connectivity index (χ1n) is 9.43. The smallest absolute Gasteiger partial charge is 0.326 e. The number of hydrogen-bond donors (Lipinski definition) is 3. The molecular formula is C20H18FN7O2. The van der Waals surface area contributed by atoms with Gasteiger partial charge < -0.3 is 15.0 Å². The van der Waals surface area contributed by atoms with Crippen molar-refractivity contribution in [3.8, 4) is 5.88 Å². The zero-order chi connectivity index (χ0) is 20.8. The molecule has 3 aromatic heterocycles. The fraction of sp³-hybridized carbons (Fsp3) is 0.200. The number of H-pyrrole nitrogens is 2. The van der Waals surface area contributed by atoms with Crippen LogP contribution in [-0.4, -0.2) is 42.8 Å². The van der Waals surface area contributed by atoms with Gasteiger partial charge in [0.1, 0.15) is 17.3 Å². The van der Waals surface area contributed by atoms with Crippen molar-refractivity contribution >= 4 is 23.2 Å². The lowest BCUT2D eigenvalue weighted by molar-refractivity contribution is 0.454. The number of imidazole rings is 1. The molecular weight excluding hydrogens is 389 g/mol. The van der Waals surface area contributed by atoms with Gasteiger partial charge in [-0.25, -0.2) is 14.2 Å². The summed E-state index contributed by atoms with van der Waals surface area (Å²) in [4.78, 5) is 27.4. The van der Waals surface area contributed by atoms with E-state index in [0.717, 1.165) is 12.8 Å². The van der Waals surface area contributed by atoms with Crippen LogP contribution >= 0.6 is 0 Å². The summed E-state index contributed by atoms with van der Waals surface area (Å²) < 4.78 is 15.3. The minimum Gasteiger partial charge on any atom is -0.493 e. The fourth-order valence-electron chi connectivity index (χ4n) is 3.17. The quantitative estimate of drug-likeness (QED) is 0.466. The Morgan fingerprint density at radius 3 is 2.87 bits per heavy atom. The fourth-order valence-corrected chi connectivity index (χ4v) is 3.17. The maximum atomic E-state index is 13.7. The van der Waals surface area contributed by atoms with Crippen molar-refractivity contribution in [2.75, 3.05) is 11.9 Å². The molecule has 4 aromatic rings. The highest BCUT2D eigenvalue weighted by Gasteiger charge is 2.21. The van der Waals surface area contributed by atoms with E-state index in [-0.39, 0.29) is 23.4 Å². The first-order valence-corrected chi connectivity index (χ1v) is 9.43. The van der Waals surface area contributed by atoms with E-state index in [4.69, 9.17) is 9.98 Å². The molecule has 0 spiro atoms. The van der Waals surface area contributed by atoms with Gasteiger partial charge in [0.25, 0.3) is 0 Å². The Balaban J connectivity index is 1.72. The number of halogens is 1. The monoisotopic (exact) mass is 407 g/mol.